The molecular weight excluding hydrogens is 404 g/mol. The van der Waals surface area contributed by atoms with Crippen molar-refractivity contribution in [2.45, 2.75) is 13.0 Å². The van der Waals surface area contributed by atoms with Gasteiger partial charge in [0.1, 0.15) is 12.7 Å². The summed E-state index contributed by atoms with van der Waals surface area (Å²) in [7, 11) is 0. The predicted molar refractivity (Wildman–Crippen MR) is 107 cm³/mol. The van der Waals surface area contributed by atoms with E-state index in [0.29, 0.717) is 18.8 Å². The summed E-state index contributed by atoms with van der Waals surface area (Å²) in [4.78, 5) is 47.7. The van der Waals surface area contributed by atoms with Gasteiger partial charge in [-0.05, 0) is 6.92 Å². The lowest BCUT2D eigenvalue weighted by atomic mass is 10.4. The molecular formula is C19H26O11. The average Bonchev–Trinajstić information content (AvgIpc) is 3.52. The summed E-state index contributed by atoms with van der Waals surface area (Å²) in [5, 5.41) is 30.4. The number of carbonyl (C=O) groups excluding carboxylic acids is 1. The zero-order chi connectivity index (χ0) is 24.7. The molecule has 0 aliphatic carbocycles. The van der Waals surface area contributed by atoms with Gasteiger partial charge in [0.2, 0.25) is 0 Å². The quantitative estimate of drug-likeness (QED) is 0.260. The molecule has 0 saturated carbocycles. The molecule has 1 atom stereocenters. The Morgan fingerprint density at radius 2 is 1.07 bits per heavy atom. The largest absolute Gasteiger partial charge is 0.478 e. The minimum absolute atomic E-state index is 0.142. The Morgan fingerprint density at radius 3 is 1.20 bits per heavy atom. The lowest BCUT2D eigenvalue weighted by Crippen LogP contribution is -2.09. The maximum atomic E-state index is 10.7. The third kappa shape index (κ3) is 49.6. The number of carbonyl (C=O) groups is 5. The van der Waals surface area contributed by atoms with E-state index in [9.17, 15) is 24.0 Å². The highest BCUT2D eigenvalue weighted by molar-refractivity contribution is 5.86. The zero-order valence-electron chi connectivity index (χ0n) is 16.5. The van der Waals surface area contributed by atoms with Crippen LogP contribution in [0.2, 0.25) is 0 Å². The summed E-state index contributed by atoms with van der Waals surface area (Å²) >= 11 is 0. The first-order valence-electron chi connectivity index (χ1n) is 7.64. The van der Waals surface area contributed by atoms with Crippen molar-refractivity contribution in [3.05, 3.63) is 62.8 Å². The van der Waals surface area contributed by atoms with Crippen molar-refractivity contribution in [2.75, 3.05) is 13.2 Å². The molecule has 11 nitrogen and oxygen atoms in total. The number of epoxide rings is 1. The van der Waals surface area contributed by atoms with Crippen LogP contribution in [0.15, 0.2) is 62.8 Å². The van der Waals surface area contributed by atoms with Crippen LogP contribution in [0.1, 0.15) is 6.92 Å². The molecule has 0 amide bonds. The van der Waals surface area contributed by atoms with Crippen molar-refractivity contribution in [3.63, 3.8) is 0 Å². The van der Waals surface area contributed by atoms with Crippen LogP contribution < -0.4 is 0 Å². The number of esters is 1. The summed E-state index contributed by atoms with van der Waals surface area (Å²) in [6.45, 7) is 18.0. The van der Waals surface area contributed by atoms with Gasteiger partial charge in [0.25, 0.3) is 0 Å². The van der Waals surface area contributed by atoms with E-state index in [2.05, 4.69) is 32.9 Å². The highest BCUT2D eigenvalue weighted by Crippen LogP contribution is 2.09. The Morgan fingerprint density at radius 1 is 0.833 bits per heavy atom. The highest BCUT2D eigenvalue weighted by atomic mass is 16.6. The van der Waals surface area contributed by atoms with Crippen molar-refractivity contribution < 1.29 is 53.9 Å². The predicted octanol–water partition coefficient (Wildman–Crippen LogP) is 1.53. The van der Waals surface area contributed by atoms with Crippen LogP contribution in [0.4, 0.5) is 0 Å². The molecule has 1 fully saturated rings. The van der Waals surface area contributed by atoms with E-state index in [1.807, 2.05) is 0 Å². The van der Waals surface area contributed by atoms with Crippen LogP contribution in [0, 0.1) is 0 Å². The van der Waals surface area contributed by atoms with Crippen LogP contribution in [-0.2, 0) is 33.4 Å². The number of carboxylic acid groups (broad SMARTS) is 4. The van der Waals surface area contributed by atoms with Gasteiger partial charge in [0, 0.05) is 29.9 Å². The Balaban J connectivity index is -0.000000148. The van der Waals surface area contributed by atoms with Gasteiger partial charge in [0.15, 0.2) is 0 Å². The standard InChI is InChI=1S/C7H10O3.4C3H4O2/c1-5(2)7(8)10-4-6-3-9-6;4*1-2-3(4)5/h6H,1,3-4H2,2H3;4*2H,1H2,(H,4,5). The normalized spacial score (nSPS) is 11.6. The Labute approximate surface area is 173 Å². The summed E-state index contributed by atoms with van der Waals surface area (Å²) in [5.41, 5.74) is 0.431. The Bertz CT molecular complexity index is 556. The van der Waals surface area contributed by atoms with E-state index in [1.54, 1.807) is 6.92 Å². The van der Waals surface area contributed by atoms with E-state index < -0.39 is 23.9 Å². The number of hydrogen-bond acceptors (Lipinski definition) is 7. The number of rotatable bonds is 7. The van der Waals surface area contributed by atoms with Crippen molar-refractivity contribution in [3.8, 4) is 0 Å². The van der Waals surface area contributed by atoms with E-state index in [0.717, 1.165) is 24.3 Å². The summed E-state index contributed by atoms with van der Waals surface area (Å²) in [5.74, 6) is -4.26. The molecule has 0 bridgehead atoms. The van der Waals surface area contributed by atoms with Crippen molar-refractivity contribution >= 4 is 29.8 Å². The number of aliphatic carboxylic acids is 4. The Kier molecular flexibility index (Phi) is 25.8. The molecule has 0 radical (unpaired) electrons. The van der Waals surface area contributed by atoms with Gasteiger partial charge in [-0.3, -0.25) is 0 Å². The van der Waals surface area contributed by atoms with Gasteiger partial charge in [-0.25, -0.2) is 24.0 Å². The molecule has 0 aromatic rings. The second kappa shape index (κ2) is 23.0. The third-order valence-electron chi connectivity index (χ3n) is 1.85. The number of hydrogen-bond donors (Lipinski definition) is 4. The molecule has 1 saturated heterocycles. The SMILES string of the molecule is C=C(C)C(=O)OCC1CO1.C=CC(=O)O.C=CC(=O)O.C=CC(=O)O.C=CC(=O)O. The fourth-order valence-electron chi connectivity index (χ4n) is 0.456. The smallest absolute Gasteiger partial charge is 0.333 e. The third-order valence-corrected chi connectivity index (χ3v) is 1.85. The zero-order valence-corrected chi connectivity index (χ0v) is 16.5. The van der Waals surface area contributed by atoms with Gasteiger partial charge in [0.05, 0.1) is 6.61 Å². The molecule has 0 spiro atoms. The van der Waals surface area contributed by atoms with Gasteiger partial charge in [-0.15, -0.1) is 0 Å². The van der Waals surface area contributed by atoms with E-state index in [4.69, 9.17) is 29.9 Å². The molecule has 1 aliphatic rings. The fraction of sp³-hybridized carbons (Fsp3) is 0.211. The minimum atomic E-state index is -0.981. The van der Waals surface area contributed by atoms with Crippen LogP contribution >= 0.6 is 0 Å². The van der Waals surface area contributed by atoms with Gasteiger partial charge < -0.3 is 29.9 Å². The molecule has 4 N–H and O–H groups in total. The highest BCUT2D eigenvalue weighted by Gasteiger charge is 2.24. The molecule has 0 aromatic carbocycles. The van der Waals surface area contributed by atoms with Crippen LogP contribution in [0.25, 0.3) is 0 Å². The molecule has 1 heterocycles. The van der Waals surface area contributed by atoms with Crippen molar-refractivity contribution in [2.24, 2.45) is 0 Å². The first-order chi connectivity index (χ1) is 13.8. The summed E-state index contributed by atoms with van der Waals surface area (Å²) < 4.78 is 9.60. The molecule has 30 heavy (non-hydrogen) atoms. The van der Waals surface area contributed by atoms with Crippen LogP contribution in [0.5, 0.6) is 0 Å². The first-order valence-corrected chi connectivity index (χ1v) is 7.64. The topological polar surface area (TPSA) is 188 Å². The minimum Gasteiger partial charge on any atom is -0.478 e. The van der Waals surface area contributed by atoms with Gasteiger partial charge in [-0.1, -0.05) is 32.9 Å². The van der Waals surface area contributed by atoms with Crippen LogP contribution in [-0.4, -0.2) is 69.6 Å². The maximum Gasteiger partial charge on any atom is 0.333 e. The summed E-state index contributed by atoms with van der Waals surface area (Å²) in [6.07, 6.45) is 3.48. The second-order valence-corrected chi connectivity index (χ2v) is 4.50. The second-order valence-electron chi connectivity index (χ2n) is 4.50. The van der Waals surface area contributed by atoms with E-state index in [1.165, 1.54) is 0 Å². The Hall–Kier alpha value is -3.99. The van der Waals surface area contributed by atoms with E-state index >= 15 is 0 Å². The molecule has 11 heteroatoms. The fourth-order valence-corrected chi connectivity index (χ4v) is 0.456. The average molecular weight is 430 g/mol. The van der Waals surface area contributed by atoms with E-state index in [-0.39, 0.29) is 12.1 Å². The molecule has 0 aromatic heterocycles. The summed E-state index contributed by atoms with van der Waals surface area (Å²) in [6, 6.07) is 0. The number of ether oxygens (including phenoxy) is 2. The molecule has 1 unspecified atom stereocenters. The van der Waals surface area contributed by atoms with Gasteiger partial charge >= 0.3 is 29.8 Å². The molecule has 1 rings (SSSR count). The van der Waals surface area contributed by atoms with Crippen molar-refractivity contribution in [1.29, 1.82) is 0 Å². The molecule has 168 valence electrons. The first kappa shape index (κ1) is 33.6. The van der Waals surface area contributed by atoms with Gasteiger partial charge in [-0.2, -0.15) is 0 Å². The number of carboxylic acids is 4. The van der Waals surface area contributed by atoms with Crippen LogP contribution in [0.3, 0.4) is 0 Å². The molecule has 1 aliphatic heterocycles. The lowest BCUT2D eigenvalue weighted by molar-refractivity contribution is -0.139. The van der Waals surface area contributed by atoms with Crippen molar-refractivity contribution in [1.82, 2.24) is 0 Å². The monoisotopic (exact) mass is 430 g/mol. The lowest BCUT2D eigenvalue weighted by Gasteiger charge is -1.99. The maximum absolute atomic E-state index is 10.7.